The normalized spacial score (nSPS) is 11.9. The number of aromatic nitrogens is 2. The third kappa shape index (κ3) is 3.46. The average Bonchev–Trinajstić information content (AvgIpc) is 3.31. The molecule has 36 heavy (non-hydrogen) atoms. The molecule has 7 nitrogen and oxygen atoms in total. The van der Waals surface area contributed by atoms with E-state index in [1.165, 1.54) is 6.07 Å². The van der Waals surface area contributed by atoms with Crippen LogP contribution in [0, 0.1) is 0 Å². The number of phenols is 1. The molecule has 0 amide bonds. The van der Waals surface area contributed by atoms with Gasteiger partial charge in [0.1, 0.15) is 22.8 Å². The molecule has 0 saturated heterocycles. The van der Waals surface area contributed by atoms with Gasteiger partial charge in [-0.1, -0.05) is 60.7 Å². The van der Waals surface area contributed by atoms with Crippen LogP contribution in [-0.2, 0) is 10.1 Å². The molecule has 1 aromatic heterocycles. The Morgan fingerprint density at radius 1 is 0.833 bits per heavy atom. The fraction of sp³-hybridized carbons (Fsp3) is 0.0357. The van der Waals surface area contributed by atoms with Crippen molar-refractivity contribution in [3.05, 3.63) is 84.9 Å². The molecule has 0 radical (unpaired) electrons. The molecule has 0 atom stereocenters. The van der Waals surface area contributed by atoms with Crippen LogP contribution in [0.3, 0.4) is 0 Å². The van der Waals surface area contributed by atoms with E-state index in [1.54, 1.807) is 19.2 Å². The lowest BCUT2D eigenvalue weighted by Gasteiger charge is -2.14. The van der Waals surface area contributed by atoms with E-state index in [1.807, 2.05) is 36.4 Å². The smallest absolute Gasteiger partial charge is 0.294 e. The summed E-state index contributed by atoms with van der Waals surface area (Å²) in [6.45, 7) is 0. The van der Waals surface area contributed by atoms with Crippen molar-refractivity contribution in [3.8, 4) is 34.0 Å². The van der Waals surface area contributed by atoms with Gasteiger partial charge in [0, 0.05) is 11.6 Å². The number of hydrogen-bond donors (Lipinski definition) is 3. The van der Waals surface area contributed by atoms with E-state index in [0.717, 1.165) is 33.5 Å². The van der Waals surface area contributed by atoms with Gasteiger partial charge in [-0.05, 0) is 39.9 Å². The van der Waals surface area contributed by atoms with Crippen LogP contribution < -0.4 is 4.74 Å². The summed E-state index contributed by atoms with van der Waals surface area (Å²) >= 11 is 0. The fourth-order valence-electron chi connectivity index (χ4n) is 4.77. The lowest BCUT2D eigenvalue weighted by Crippen LogP contribution is -1.97. The molecule has 8 heteroatoms. The highest BCUT2D eigenvalue weighted by atomic mass is 32.2. The Morgan fingerprint density at radius 3 is 2.36 bits per heavy atom. The standard InChI is InChI=1S/C28H20N2O5S/c1-35-27-21(20-9-4-7-16-6-2-3-8-19(16)20)10-5-11-22(27)28-29-23-13-12-17-14-18(36(32,33)34)15-24(31)25(17)26(23)30-28/h2-15,31H,1H3,(H,29,30)(H,32,33,34). The number of aromatic amines is 1. The number of nitrogens with one attached hydrogen (secondary N) is 1. The molecule has 0 aliphatic rings. The highest BCUT2D eigenvalue weighted by molar-refractivity contribution is 7.85. The van der Waals surface area contributed by atoms with Crippen LogP contribution in [0.1, 0.15) is 0 Å². The van der Waals surface area contributed by atoms with E-state index in [4.69, 9.17) is 9.72 Å². The van der Waals surface area contributed by atoms with Gasteiger partial charge in [0.05, 0.1) is 28.5 Å². The van der Waals surface area contributed by atoms with Crippen molar-refractivity contribution in [2.24, 2.45) is 0 Å². The Morgan fingerprint density at radius 2 is 1.56 bits per heavy atom. The van der Waals surface area contributed by atoms with Gasteiger partial charge in [0.15, 0.2) is 0 Å². The number of rotatable bonds is 4. The van der Waals surface area contributed by atoms with Crippen LogP contribution in [0.15, 0.2) is 89.8 Å². The quantitative estimate of drug-likeness (QED) is 0.252. The number of methoxy groups -OCH3 is 1. The molecule has 0 fully saturated rings. The molecule has 0 saturated carbocycles. The summed E-state index contributed by atoms with van der Waals surface area (Å²) in [6.07, 6.45) is 0. The number of fused-ring (bicyclic) bond motifs is 4. The summed E-state index contributed by atoms with van der Waals surface area (Å²) in [5.74, 6) is 0.894. The van der Waals surface area contributed by atoms with E-state index < -0.39 is 10.1 Å². The average molecular weight is 497 g/mol. The van der Waals surface area contributed by atoms with Crippen LogP contribution in [0.25, 0.3) is 55.1 Å². The number of hydrogen-bond acceptors (Lipinski definition) is 5. The maximum Gasteiger partial charge on any atom is 0.294 e. The number of benzene rings is 5. The Balaban J connectivity index is 1.58. The van der Waals surface area contributed by atoms with Gasteiger partial charge in [-0.3, -0.25) is 4.55 Å². The minimum Gasteiger partial charge on any atom is -0.507 e. The van der Waals surface area contributed by atoms with Crippen molar-refractivity contribution >= 4 is 42.7 Å². The van der Waals surface area contributed by atoms with Crippen molar-refractivity contribution < 1.29 is 22.8 Å². The topological polar surface area (TPSA) is 113 Å². The van der Waals surface area contributed by atoms with Crippen molar-refractivity contribution in [2.45, 2.75) is 4.90 Å². The summed E-state index contributed by atoms with van der Waals surface area (Å²) in [7, 11) is -2.85. The first-order chi connectivity index (χ1) is 17.3. The van der Waals surface area contributed by atoms with Gasteiger partial charge in [-0.15, -0.1) is 0 Å². The minimum atomic E-state index is -4.47. The van der Waals surface area contributed by atoms with Gasteiger partial charge < -0.3 is 14.8 Å². The molecule has 0 unspecified atom stereocenters. The second-order valence-electron chi connectivity index (χ2n) is 8.48. The molecule has 0 aliphatic heterocycles. The number of aromatic hydroxyl groups is 1. The van der Waals surface area contributed by atoms with Crippen LogP contribution in [-0.4, -0.2) is 35.2 Å². The number of H-pyrrole nitrogens is 1. The number of ether oxygens (including phenoxy) is 1. The molecule has 5 aromatic carbocycles. The Bertz CT molecular complexity index is 1920. The first kappa shape index (κ1) is 22.1. The summed E-state index contributed by atoms with van der Waals surface area (Å²) in [5, 5.41) is 13.7. The zero-order valence-corrected chi connectivity index (χ0v) is 19.9. The highest BCUT2D eigenvalue weighted by Gasteiger charge is 2.20. The van der Waals surface area contributed by atoms with Crippen molar-refractivity contribution in [3.63, 3.8) is 0 Å². The first-order valence-corrected chi connectivity index (χ1v) is 12.6. The summed E-state index contributed by atoms with van der Waals surface area (Å²) in [6, 6.07) is 25.9. The van der Waals surface area contributed by atoms with Gasteiger partial charge >= 0.3 is 0 Å². The monoisotopic (exact) mass is 496 g/mol. The molecule has 6 rings (SSSR count). The van der Waals surface area contributed by atoms with Crippen LogP contribution in [0.2, 0.25) is 0 Å². The molecule has 3 N–H and O–H groups in total. The van der Waals surface area contributed by atoms with E-state index >= 15 is 0 Å². The van der Waals surface area contributed by atoms with Gasteiger partial charge in [0.25, 0.3) is 10.1 Å². The van der Waals surface area contributed by atoms with E-state index in [9.17, 15) is 18.1 Å². The van der Waals surface area contributed by atoms with E-state index in [2.05, 4.69) is 29.2 Å². The second-order valence-corrected chi connectivity index (χ2v) is 9.90. The van der Waals surface area contributed by atoms with E-state index in [0.29, 0.717) is 33.4 Å². The zero-order chi connectivity index (χ0) is 25.0. The Hall–Kier alpha value is -4.40. The van der Waals surface area contributed by atoms with E-state index in [-0.39, 0.29) is 10.6 Å². The summed E-state index contributed by atoms with van der Waals surface area (Å²) in [5.41, 5.74) is 3.81. The predicted octanol–water partition coefficient (Wildman–Crippen LogP) is 6.16. The summed E-state index contributed by atoms with van der Waals surface area (Å²) in [4.78, 5) is 7.68. The van der Waals surface area contributed by atoms with Crippen molar-refractivity contribution in [1.82, 2.24) is 9.97 Å². The van der Waals surface area contributed by atoms with Crippen LogP contribution in [0.5, 0.6) is 11.5 Å². The van der Waals surface area contributed by atoms with Crippen LogP contribution in [0.4, 0.5) is 0 Å². The number of para-hydroxylation sites is 1. The maximum absolute atomic E-state index is 11.6. The zero-order valence-electron chi connectivity index (χ0n) is 19.1. The minimum absolute atomic E-state index is 0.291. The third-order valence-corrected chi connectivity index (χ3v) is 7.20. The lowest BCUT2D eigenvalue weighted by molar-refractivity contribution is 0.418. The third-order valence-electron chi connectivity index (χ3n) is 6.37. The second kappa shape index (κ2) is 8.08. The molecule has 6 aromatic rings. The predicted molar refractivity (Wildman–Crippen MR) is 140 cm³/mol. The number of imidazole rings is 1. The van der Waals surface area contributed by atoms with Gasteiger partial charge in [0.2, 0.25) is 0 Å². The SMILES string of the molecule is COc1c(-c2nc3c(ccc4cc(S(=O)(=O)O)cc(O)c43)[nH]2)cccc1-c1cccc2ccccc12. The first-order valence-electron chi connectivity index (χ1n) is 11.1. The van der Waals surface area contributed by atoms with Crippen molar-refractivity contribution in [1.29, 1.82) is 0 Å². The molecule has 0 spiro atoms. The molecule has 1 heterocycles. The Labute approximate surface area is 206 Å². The van der Waals surface area contributed by atoms with Crippen LogP contribution >= 0.6 is 0 Å². The Kier molecular flexibility index (Phi) is 4.96. The number of phenolic OH excluding ortho intramolecular Hbond substituents is 1. The summed E-state index contributed by atoms with van der Waals surface area (Å²) < 4.78 is 38.5. The molecular formula is C28H20N2O5S. The maximum atomic E-state index is 11.6. The lowest BCUT2D eigenvalue weighted by atomic mass is 9.96. The molecular weight excluding hydrogens is 476 g/mol. The molecule has 0 bridgehead atoms. The fourth-order valence-corrected chi connectivity index (χ4v) is 5.31. The molecule has 178 valence electrons. The van der Waals surface area contributed by atoms with Crippen molar-refractivity contribution in [2.75, 3.05) is 7.11 Å². The van der Waals surface area contributed by atoms with Gasteiger partial charge in [-0.25, -0.2) is 4.98 Å². The molecule has 0 aliphatic carbocycles. The van der Waals surface area contributed by atoms with Gasteiger partial charge in [-0.2, -0.15) is 8.42 Å². The number of nitrogens with zero attached hydrogens (tertiary/aromatic N) is 1. The highest BCUT2D eigenvalue weighted by Crippen LogP contribution is 2.42. The largest absolute Gasteiger partial charge is 0.507 e.